The van der Waals surface area contributed by atoms with Crippen molar-refractivity contribution in [2.24, 2.45) is 0 Å². The zero-order valence-corrected chi connectivity index (χ0v) is 24.8. The number of ether oxygens (including phenoxy) is 4. The van der Waals surface area contributed by atoms with E-state index in [1.807, 2.05) is 26.0 Å². The Morgan fingerprint density at radius 1 is 0.976 bits per heavy atom. The van der Waals surface area contributed by atoms with Crippen LogP contribution in [0.4, 0.5) is 0 Å². The molecule has 5 rings (SSSR count). The number of carbonyl (C=O) groups excluding carboxylic acids is 3. The number of rotatable bonds is 7. The molecule has 0 radical (unpaired) electrons. The molecule has 0 fully saturated rings. The van der Waals surface area contributed by atoms with E-state index in [-0.39, 0.29) is 19.4 Å². The minimum atomic E-state index is -0.699. The van der Waals surface area contributed by atoms with Crippen LogP contribution in [0, 0.1) is 11.3 Å². The molecule has 0 aromatic heterocycles. The molecule has 2 heterocycles. The van der Waals surface area contributed by atoms with Crippen molar-refractivity contribution in [2.45, 2.75) is 38.6 Å². The fourth-order valence-electron chi connectivity index (χ4n) is 5.59. The third-order valence-corrected chi connectivity index (χ3v) is 8.24. The van der Waals surface area contributed by atoms with Crippen molar-refractivity contribution in [3.63, 3.8) is 0 Å². The molecule has 0 spiro atoms. The summed E-state index contributed by atoms with van der Waals surface area (Å²) < 4.78 is 23.7. The van der Waals surface area contributed by atoms with Gasteiger partial charge in [0.15, 0.2) is 0 Å². The molecule has 3 aromatic rings. The highest BCUT2D eigenvalue weighted by atomic mass is 79.9. The molecule has 0 N–H and O–H groups in total. The first-order valence-corrected chi connectivity index (χ1v) is 13.6. The van der Waals surface area contributed by atoms with Crippen LogP contribution >= 0.6 is 15.9 Å². The SMILES string of the molecule is COC(=O)Cc1c(OC)c(Br)cc2c1Oc1c(cc(CC#N)c(OC)c1CN1C(=O)c3ccccc3C1=O)C2(C)C. The van der Waals surface area contributed by atoms with Crippen LogP contribution in [-0.2, 0) is 34.3 Å². The standard InChI is InChI=1S/C31H27BrN2O7/c1-31(2)21-12-16(10-11-33)25(39-4)20(15-34-29(36)17-8-6-7-9-18(17)30(34)37)27(21)41-26-19(13-24(35)38-3)28(40-5)23(32)14-22(26)31/h6-9,12,14H,10,13,15H2,1-5H3. The zero-order chi connectivity index (χ0) is 29.6. The molecule has 210 valence electrons. The molecule has 3 aromatic carbocycles. The van der Waals surface area contributed by atoms with Gasteiger partial charge in [0, 0.05) is 27.7 Å². The average Bonchev–Trinajstić information content (AvgIpc) is 3.19. The fourth-order valence-corrected chi connectivity index (χ4v) is 6.22. The van der Waals surface area contributed by atoms with Gasteiger partial charge in [-0.2, -0.15) is 5.26 Å². The van der Waals surface area contributed by atoms with Crippen LogP contribution in [0.2, 0.25) is 0 Å². The van der Waals surface area contributed by atoms with Crippen LogP contribution in [0.1, 0.15) is 62.4 Å². The molecule has 0 aliphatic carbocycles. The monoisotopic (exact) mass is 618 g/mol. The predicted molar refractivity (Wildman–Crippen MR) is 152 cm³/mol. The van der Waals surface area contributed by atoms with E-state index in [2.05, 4.69) is 22.0 Å². The highest BCUT2D eigenvalue weighted by Gasteiger charge is 2.42. The number of nitriles is 1. The molecular weight excluding hydrogens is 592 g/mol. The van der Waals surface area contributed by atoms with E-state index in [9.17, 15) is 19.6 Å². The van der Waals surface area contributed by atoms with E-state index in [1.165, 1.54) is 21.3 Å². The lowest BCUT2D eigenvalue weighted by Gasteiger charge is -2.38. The Hall–Kier alpha value is -4.36. The first-order valence-electron chi connectivity index (χ1n) is 12.8. The Morgan fingerprint density at radius 2 is 1.56 bits per heavy atom. The van der Waals surface area contributed by atoms with Gasteiger partial charge in [0.25, 0.3) is 11.8 Å². The molecule has 9 nitrogen and oxygen atoms in total. The van der Waals surface area contributed by atoms with E-state index in [1.54, 1.807) is 24.3 Å². The van der Waals surface area contributed by atoms with Crippen LogP contribution in [0.25, 0.3) is 0 Å². The summed E-state index contributed by atoms with van der Waals surface area (Å²) in [5.41, 5.74) is 2.97. The van der Waals surface area contributed by atoms with E-state index < -0.39 is 23.2 Å². The summed E-state index contributed by atoms with van der Waals surface area (Å²) in [5.74, 6) is 0.214. The maximum atomic E-state index is 13.3. The fraction of sp³-hybridized carbons (Fsp3) is 0.290. The van der Waals surface area contributed by atoms with Crippen molar-refractivity contribution < 1.29 is 33.3 Å². The predicted octanol–water partition coefficient (Wildman–Crippen LogP) is 5.48. The van der Waals surface area contributed by atoms with Crippen LogP contribution < -0.4 is 14.2 Å². The smallest absolute Gasteiger partial charge is 0.310 e. The lowest BCUT2D eigenvalue weighted by atomic mass is 9.73. The third kappa shape index (κ3) is 4.41. The maximum Gasteiger partial charge on any atom is 0.310 e. The lowest BCUT2D eigenvalue weighted by Crippen LogP contribution is -2.31. The van der Waals surface area contributed by atoms with Gasteiger partial charge in [-0.1, -0.05) is 26.0 Å². The Morgan fingerprint density at radius 3 is 2.12 bits per heavy atom. The Kier molecular flexibility index (Phi) is 7.26. The van der Waals surface area contributed by atoms with Crippen molar-refractivity contribution in [3.05, 3.63) is 79.8 Å². The number of fused-ring (bicyclic) bond motifs is 3. The number of nitrogens with zero attached hydrogens (tertiary/aromatic N) is 2. The van der Waals surface area contributed by atoms with Crippen molar-refractivity contribution in [1.82, 2.24) is 4.90 Å². The van der Waals surface area contributed by atoms with Gasteiger partial charge in [-0.25, -0.2) is 0 Å². The lowest BCUT2D eigenvalue weighted by molar-refractivity contribution is -0.139. The second kappa shape index (κ2) is 10.6. The van der Waals surface area contributed by atoms with Gasteiger partial charge < -0.3 is 18.9 Å². The summed E-state index contributed by atoms with van der Waals surface area (Å²) >= 11 is 3.57. The number of hydrogen-bond acceptors (Lipinski definition) is 8. The molecule has 0 saturated heterocycles. The van der Waals surface area contributed by atoms with Gasteiger partial charge >= 0.3 is 5.97 Å². The molecule has 2 amide bonds. The summed E-state index contributed by atoms with van der Waals surface area (Å²) in [6.07, 6.45) is -0.0847. The minimum absolute atomic E-state index is 0.0361. The van der Waals surface area contributed by atoms with Gasteiger partial charge in [-0.05, 0) is 40.2 Å². The zero-order valence-electron chi connectivity index (χ0n) is 23.2. The molecule has 0 atom stereocenters. The van der Waals surface area contributed by atoms with Crippen LogP contribution in [0.3, 0.4) is 0 Å². The first kappa shape index (κ1) is 28.2. The van der Waals surface area contributed by atoms with Crippen molar-refractivity contribution in [3.8, 4) is 29.1 Å². The number of halogens is 1. The van der Waals surface area contributed by atoms with Crippen molar-refractivity contribution >= 4 is 33.7 Å². The van der Waals surface area contributed by atoms with Crippen LogP contribution in [-0.4, -0.2) is 44.0 Å². The minimum Gasteiger partial charge on any atom is -0.496 e. The average molecular weight is 619 g/mol. The number of methoxy groups -OCH3 is 3. The first-order chi connectivity index (χ1) is 19.6. The molecular formula is C31H27BrN2O7. The molecule has 2 aliphatic heterocycles. The van der Waals surface area contributed by atoms with E-state index in [0.29, 0.717) is 55.3 Å². The maximum absolute atomic E-state index is 13.3. The quantitative estimate of drug-likeness (QED) is 0.253. The number of imide groups is 1. The van der Waals surface area contributed by atoms with Gasteiger partial charge in [0.2, 0.25) is 0 Å². The number of amides is 2. The Labute approximate surface area is 245 Å². The molecule has 0 unspecified atom stereocenters. The Bertz CT molecular complexity index is 1640. The summed E-state index contributed by atoms with van der Waals surface area (Å²) in [5, 5.41) is 9.63. The molecule has 0 bridgehead atoms. The van der Waals surface area contributed by atoms with Crippen LogP contribution in [0.5, 0.6) is 23.0 Å². The number of hydrogen-bond donors (Lipinski definition) is 0. The highest BCUT2D eigenvalue weighted by molar-refractivity contribution is 9.10. The van der Waals surface area contributed by atoms with Gasteiger partial charge in [0.05, 0.1) is 67.9 Å². The second-order valence-corrected chi connectivity index (χ2v) is 11.1. The van der Waals surface area contributed by atoms with E-state index >= 15 is 0 Å². The van der Waals surface area contributed by atoms with E-state index in [4.69, 9.17) is 18.9 Å². The van der Waals surface area contributed by atoms with Gasteiger partial charge in [-0.3, -0.25) is 19.3 Å². The van der Waals surface area contributed by atoms with Gasteiger partial charge in [0.1, 0.15) is 23.0 Å². The number of benzene rings is 3. The summed E-state index contributed by atoms with van der Waals surface area (Å²) in [7, 11) is 4.28. The summed E-state index contributed by atoms with van der Waals surface area (Å²) in [6, 6.07) is 12.6. The Balaban J connectivity index is 1.75. The molecule has 41 heavy (non-hydrogen) atoms. The number of carbonyl (C=O) groups is 3. The van der Waals surface area contributed by atoms with Gasteiger partial charge in [-0.15, -0.1) is 0 Å². The van der Waals surface area contributed by atoms with E-state index in [0.717, 1.165) is 16.0 Å². The third-order valence-electron chi connectivity index (χ3n) is 7.66. The summed E-state index contributed by atoms with van der Waals surface area (Å²) in [6.45, 7) is 3.85. The van der Waals surface area contributed by atoms with Crippen LogP contribution in [0.15, 0.2) is 40.9 Å². The topological polar surface area (TPSA) is 115 Å². The van der Waals surface area contributed by atoms with Crippen molar-refractivity contribution in [1.29, 1.82) is 5.26 Å². The molecule has 0 saturated carbocycles. The number of esters is 1. The normalized spacial score (nSPS) is 14.4. The molecule has 10 heteroatoms. The second-order valence-electron chi connectivity index (χ2n) is 10.2. The highest BCUT2D eigenvalue weighted by Crippen LogP contribution is 2.56. The summed E-state index contributed by atoms with van der Waals surface area (Å²) in [4.78, 5) is 40.3. The van der Waals surface area contributed by atoms with Crippen molar-refractivity contribution in [2.75, 3.05) is 21.3 Å². The molecule has 2 aliphatic rings. The largest absolute Gasteiger partial charge is 0.496 e.